The van der Waals surface area contributed by atoms with E-state index in [0.717, 1.165) is 5.56 Å². The van der Waals surface area contributed by atoms with Crippen LogP contribution in [0.2, 0.25) is 5.02 Å². The lowest BCUT2D eigenvalue weighted by atomic mass is 10.2. The van der Waals surface area contributed by atoms with Gasteiger partial charge in [-0.15, -0.1) is 0 Å². The lowest BCUT2D eigenvalue weighted by Gasteiger charge is -2.00. The van der Waals surface area contributed by atoms with E-state index in [9.17, 15) is 14.9 Å². The third-order valence-corrected chi connectivity index (χ3v) is 3.67. The third-order valence-electron chi connectivity index (χ3n) is 3.35. The molecule has 1 aliphatic heterocycles. The summed E-state index contributed by atoms with van der Waals surface area (Å²) in [7, 11) is 0. The molecule has 0 amide bonds. The van der Waals surface area contributed by atoms with Crippen LogP contribution in [0.5, 0.6) is 0 Å². The predicted molar refractivity (Wildman–Crippen MR) is 94.3 cm³/mol. The number of hydrogen-bond acceptors (Lipinski definition) is 5. The average Bonchev–Trinajstić information content (AvgIpc) is 2.97. The first-order valence-corrected chi connectivity index (χ1v) is 7.61. The zero-order chi connectivity index (χ0) is 17.8. The summed E-state index contributed by atoms with van der Waals surface area (Å²) in [6.07, 6.45) is 5.02. The Labute approximate surface area is 147 Å². The van der Waals surface area contributed by atoms with E-state index in [0.29, 0.717) is 5.56 Å². The molecule has 3 rings (SSSR count). The van der Waals surface area contributed by atoms with Gasteiger partial charge in [0.05, 0.1) is 4.92 Å². The minimum Gasteiger partial charge on any atom is -0.402 e. The number of carbonyl (C=O) groups is 1. The SMILES string of the molecule is O=C1OC(c2ccc(Cl)c([N+](=O)[O-])c2)=NC1=CC=Cc1ccccc1. The number of carbonyl (C=O) groups excluding carboxylic acids is 1. The van der Waals surface area contributed by atoms with Gasteiger partial charge in [-0.3, -0.25) is 10.1 Å². The molecular weight excluding hydrogens is 344 g/mol. The van der Waals surface area contributed by atoms with Gasteiger partial charge in [0.2, 0.25) is 5.90 Å². The molecule has 2 aromatic rings. The normalized spacial score (nSPS) is 15.5. The molecule has 0 aliphatic carbocycles. The van der Waals surface area contributed by atoms with Gasteiger partial charge < -0.3 is 4.74 Å². The molecule has 0 unspecified atom stereocenters. The van der Waals surface area contributed by atoms with Crippen molar-refractivity contribution in [2.75, 3.05) is 0 Å². The van der Waals surface area contributed by atoms with Crippen LogP contribution in [0.15, 0.2) is 71.4 Å². The third kappa shape index (κ3) is 3.81. The molecule has 2 aromatic carbocycles. The molecule has 1 aliphatic rings. The average molecular weight is 355 g/mol. The number of benzene rings is 2. The predicted octanol–water partition coefficient (Wildman–Crippen LogP) is 4.15. The number of halogens is 1. The standard InChI is InChI=1S/C18H11ClN2O4/c19-14-10-9-13(11-16(14)21(23)24)17-20-15(18(22)25-17)8-4-7-12-5-2-1-3-6-12/h1-11H. The minimum atomic E-state index is -0.620. The fourth-order valence-corrected chi connectivity index (χ4v) is 2.33. The molecule has 0 fully saturated rings. The fourth-order valence-electron chi connectivity index (χ4n) is 2.15. The van der Waals surface area contributed by atoms with Crippen LogP contribution in [0.1, 0.15) is 11.1 Å². The molecule has 1 heterocycles. The number of rotatable bonds is 4. The first kappa shape index (κ1) is 16.6. The second-order valence-corrected chi connectivity index (χ2v) is 5.46. The van der Waals surface area contributed by atoms with Crippen LogP contribution >= 0.6 is 11.6 Å². The number of hydrogen-bond donors (Lipinski definition) is 0. The van der Waals surface area contributed by atoms with E-state index in [-0.39, 0.29) is 22.3 Å². The number of ether oxygens (including phenoxy) is 1. The van der Waals surface area contributed by atoms with Crippen molar-refractivity contribution in [1.29, 1.82) is 0 Å². The maximum absolute atomic E-state index is 11.9. The summed E-state index contributed by atoms with van der Waals surface area (Å²) in [6.45, 7) is 0. The zero-order valence-electron chi connectivity index (χ0n) is 12.8. The summed E-state index contributed by atoms with van der Waals surface area (Å²) in [5.41, 5.74) is 1.11. The van der Waals surface area contributed by atoms with E-state index in [4.69, 9.17) is 16.3 Å². The Hall–Kier alpha value is -3.25. The number of nitro benzene ring substituents is 1. The molecular formula is C18H11ClN2O4. The van der Waals surface area contributed by atoms with Crippen molar-refractivity contribution in [3.05, 3.63) is 92.6 Å². The van der Waals surface area contributed by atoms with Gasteiger partial charge in [0.25, 0.3) is 5.69 Å². The molecule has 0 saturated carbocycles. The molecule has 0 N–H and O–H groups in total. The van der Waals surface area contributed by atoms with E-state index in [2.05, 4.69) is 4.99 Å². The lowest BCUT2D eigenvalue weighted by Crippen LogP contribution is -2.06. The highest BCUT2D eigenvalue weighted by Crippen LogP contribution is 2.27. The van der Waals surface area contributed by atoms with Crippen LogP contribution in [0.4, 0.5) is 5.69 Å². The summed E-state index contributed by atoms with van der Waals surface area (Å²) in [5, 5.41) is 10.9. The van der Waals surface area contributed by atoms with Gasteiger partial charge in [-0.25, -0.2) is 9.79 Å². The quantitative estimate of drug-likeness (QED) is 0.357. The maximum Gasteiger partial charge on any atom is 0.363 e. The highest BCUT2D eigenvalue weighted by molar-refractivity contribution is 6.32. The van der Waals surface area contributed by atoms with Crippen molar-refractivity contribution in [2.45, 2.75) is 0 Å². The Morgan fingerprint density at radius 3 is 2.64 bits per heavy atom. The van der Waals surface area contributed by atoms with E-state index in [1.807, 2.05) is 36.4 Å². The van der Waals surface area contributed by atoms with Crippen molar-refractivity contribution >= 4 is 35.2 Å². The van der Waals surface area contributed by atoms with Crippen LogP contribution in [-0.2, 0) is 9.53 Å². The second-order valence-electron chi connectivity index (χ2n) is 5.05. The van der Waals surface area contributed by atoms with Crippen molar-refractivity contribution in [1.82, 2.24) is 0 Å². The number of allylic oxidation sites excluding steroid dienone is 2. The van der Waals surface area contributed by atoms with Gasteiger partial charge in [-0.1, -0.05) is 54.1 Å². The van der Waals surface area contributed by atoms with Gasteiger partial charge in [-0.2, -0.15) is 0 Å². The van der Waals surface area contributed by atoms with Crippen LogP contribution in [0.3, 0.4) is 0 Å². The van der Waals surface area contributed by atoms with Crippen molar-refractivity contribution in [2.24, 2.45) is 4.99 Å². The van der Waals surface area contributed by atoms with Gasteiger partial charge in [0, 0.05) is 11.6 Å². The summed E-state index contributed by atoms with van der Waals surface area (Å²) in [6, 6.07) is 13.6. The van der Waals surface area contributed by atoms with E-state index >= 15 is 0 Å². The largest absolute Gasteiger partial charge is 0.402 e. The molecule has 0 spiro atoms. The minimum absolute atomic E-state index is 0.000216. The Morgan fingerprint density at radius 1 is 1.16 bits per heavy atom. The second kappa shape index (κ2) is 7.11. The smallest absolute Gasteiger partial charge is 0.363 e. The Balaban J connectivity index is 1.85. The Morgan fingerprint density at radius 2 is 1.92 bits per heavy atom. The molecule has 6 nitrogen and oxygen atoms in total. The van der Waals surface area contributed by atoms with Crippen molar-refractivity contribution in [3.63, 3.8) is 0 Å². The summed E-state index contributed by atoms with van der Waals surface area (Å²) in [4.78, 5) is 26.3. The molecule has 0 radical (unpaired) electrons. The van der Waals surface area contributed by atoms with Crippen LogP contribution in [0.25, 0.3) is 6.08 Å². The maximum atomic E-state index is 11.9. The van der Waals surface area contributed by atoms with Crippen LogP contribution in [0, 0.1) is 10.1 Å². The van der Waals surface area contributed by atoms with Gasteiger partial charge >= 0.3 is 5.97 Å². The lowest BCUT2D eigenvalue weighted by molar-refractivity contribution is -0.384. The number of esters is 1. The van der Waals surface area contributed by atoms with Crippen molar-refractivity contribution < 1.29 is 14.5 Å². The van der Waals surface area contributed by atoms with Crippen LogP contribution in [-0.4, -0.2) is 16.8 Å². The monoisotopic (exact) mass is 354 g/mol. The molecule has 0 saturated heterocycles. The van der Waals surface area contributed by atoms with Gasteiger partial charge in [0.1, 0.15) is 5.02 Å². The topological polar surface area (TPSA) is 81.8 Å². The first-order chi connectivity index (χ1) is 12.0. The highest BCUT2D eigenvalue weighted by Gasteiger charge is 2.25. The van der Waals surface area contributed by atoms with Crippen LogP contribution < -0.4 is 0 Å². The highest BCUT2D eigenvalue weighted by atomic mass is 35.5. The fraction of sp³-hybridized carbons (Fsp3) is 0. The van der Waals surface area contributed by atoms with E-state index < -0.39 is 10.9 Å². The molecule has 124 valence electrons. The van der Waals surface area contributed by atoms with E-state index in [1.54, 1.807) is 6.08 Å². The molecule has 7 heteroatoms. The number of nitro groups is 1. The van der Waals surface area contributed by atoms with E-state index in [1.165, 1.54) is 24.3 Å². The van der Waals surface area contributed by atoms with Crippen molar-refractivity contribution in [3.8, 4) is 0 Å². The zero-order valence-corrected chi connectivity index (χ0v) is 13.5. The number of nitrogens with zero attached hydrogens (tertiary/aromatic N) is 2. The first-order valence-electron chi connectivity index (χ1n) is 7.23. The Kier molecular flexibility index (Phi) is 4.72. The summed E-state index contributed by atoms with van der Waals surface area (Å²) >= 11 is 5.77. The number of aliphatic imine (C=N–C) groups is 1. The van der Waals surface area contributed by atoms with Gasteiger partial charge in [-0.05, 0) is 23.8 Å². The molecule has 0 bridgehead atoms. The summed E-state index contributed by atoms with van der Waals surface area (Å²) in [5.74, 6) is -0.616. The molecule has 0 atom stereocenters. The molecule has 0 aromatic heterocycles. The molecule has 25 heavy (non-hydrogen) atoms. The number of cyclic esters (lactones) is 1. The Bertz CT molecular complexity index is 933. The van der Waals surface area contributed by atoms with Gasteiger partial charge in [0.15, 0.2) is 5.70 Å². The summed E-state index contributed by atoms with van der Waals surface area (Å²) < 4.78 is 5.08.